The van der Waals surface area contributed by atoms with Gasteiger partial charge >= 0.3 is 0 Å². The predicted octanol–water partition coefficient (Wildman–Crippen LogP) is 1.66. The molecular formula is C19H29N5O2. The zero-order chi connectivity index (χ0) is 18.7. The van der Waals surface area contributed by atoms with Gasteiger partial charge in [0.15, 0.2) is 0 Å². The Hall–Kier alpha value is -1.99. The Morgan fingerprint density at radius 1 is 1.08 bits per heavy atom. The molecule has 7 nitrogen and oxygen atoms in total. The van der Waals surface area contributed by atoms with Crippen molar-refractivity contribution in [3.63, 3.8) is 0 Å². The van der Waals surface area contributed by atoms with Crippen LogP contribution in [0.4, 0.5) is 0 Å². The third kappa shape index (κ3) is 4.80. The van der Waals surface area contributed by atoms with Gasteiger partial charge in [-0.15, -0.1) is 0 Å². The van der Waals surface area contributed by atoms with E-state index in [-0.39, 0.29) is 11.0 Å². The first kappa shape index (κ1) is 18.8. The van der Waals surface area contributed by atoms with Crippen LogP contribution in [-0.4, -0.2) is 57.3 Å². The third-order valence-electron chi connectivity index (χ3n) is 4.76. The molecule has 0 radical (unpaired) electrons. The standard InChI is InChI=1S/C19H29N5O2/c1-15-13-20-17(26-15)14-23-9-7-22(8-10-23)11-12-24-18(25)6-5-16(21-24)19(2,3)4/h5-6,13H,7-12,14H2,1-4H3. The highest BCUT2D eigenvalue weighted by Crippen LogP contribution is 2.18. The minimum Gasteiger partial charge on any atom is -0.445 e. The molecule has 7 heteroatoms. The van der Waals surface area contributed by atoms with Crippen LogP contribution in [0.1, 0.15) is 38.1 Å². The highest BCUT2D eigenvalue weighted by atomic mass is 16.4. The van der Waals surface area contributed by atoms with E-state index >= 15 is 0 Å². The summed E-state index contributed by atoms with van der Waals surface area (Å²) in [5, 5.41) is 4.55. The van der Waals surface area contributed by atoms with E-state index in [1.807, 2.05) is 13.0 Å². The van der Waals surface area contributed by atoms with Crippen molar-refractivity contribution in [3.05, 3.63) is 46.0 Å². The fourth-order valence-corrected chi connectivity index (χ4v) is 3.08. The zero-order valence-electron chi connectivity index (χ0n) is 16.2. The topological polar surface area (TPSA) is 67.4 Å². The van der Waals surface area contributed by atoms with Gasteiger partial charge in [-0.1, -0.05) is 20.8 Å². The lowest BCUT2D eigenvalue weighted by molar-refractivity contribution is 0.115. The smallest absolute Gasteiger partial charge is 0.266 e. The van der Waals surface area contributed by atoms with Crippen LogP contribution < -0.4 is 5.56 Å². The summed E-state index contributed by atoms with van der Waals surface area (Å²) in [7, 11) is 0. The summed E-state index contributed by atoms with van der Waals surface area (Å²) in [6, 6.07) is 3.46. The van der Waals surface area contributed by atoms with E-state index < -0.39 is 0 Å². The van der Waals surface area contributed by atoms with Crippen LogP contribution in [0.3, 0.4) is 0 Å². The second kappa shape index (κ2) is 7.72. The lowest BCUT2D eigenvalue weighted by Crippen LogP contribution is -2.47. The molecule has 1 aliphatic heterocycles. The molecule has 0 aromatic carbocycles. The highest BCUT2D eigenvalue weighted by molar-refractivity contribution is 5.10. The summed E-state index contributed by atoms with van der Waals surface area (Å²) in [5.41, 5.74) is 0.860. The number of hydrogen-bond donors (Lipinski definition) is 0. The number of piperazine rings is 1. The Labute approximate surface area is 154 Å². The molecule has 0 amide bonds. The Morgan fingerprint density at radius 2 is 1.77 bits per heavy atom. The van der Waals surface area contributed by atoms with Crippen molar-refractivity contribution >= 4 is 0 Å². The maximum atomic E-state index is 12.1. The minimum absolute atomic E-state index is 0.0316. The molecular weight excluding hydrogens is 330 g/mol. The van der Waals surface area contributed by atoms with Gasteiger partial charge in [-0.25, -0.2) is 9.67 Å². The SMILES string of the molecule is Cc1cnc(CN2CCN(CCn3nc(C(C)(C)C)ccc3=O)CC2)o1. The van der Waals surface area contributed by atoms with Crippen molar-refractivity contribution in [2.45, 2.75) is 46.2 Å². The molecule has 0 N–H and O–H groups in total. The maximum absolute atomic E-state index is 12.1. The van der Waals surface area contributed by atoms with Crippen molar-refractivity contribution in [1.82, 2.24) is 24.6 Å². The molecule has 26 heavy (non-hydrogen) atoms. The molecule has 2 aromatic heterocycles. The van der Waals surface area contributed by atoms with E-state index in [2.05, 4.69) is 40.7 Å². The molecule has 2 aromatic rings. The van der Waals surface area contributed by atoms with Gasteiger partial charge in [-0.3, -0.25) is 14.6 Å². The number of nitrogens with zero attached hydrogens (tertiary/aromatic N) is 5. The van der Waals surface area contributed by atoms with Gasteiger partial charge in [-0.05, 0) is 13.0 Å². The summed E-state index contributed by atoms with van der Waals surface area (Å²) in [4.78, 5) is 21.1. The number of rotatable bonds is 5. The van der Waals surface area contributed by atoms with Crippen LogP contribution in [0, 0.1) is 6.92 Å². The van der Waals surface area contributed by atoms with E-state index in [1.54, 1.807) is 16.9 Å². The van der Waals surface area contributed by atoms with Crippen molar-refractivity contribution in [3.8, 4) is 0 Å². The molecule has 1 saturated heterocycles. The minimum atomic E-state index is -0.0562. The second-order valence-corrected chi connectivity index (χ2v) is 8.01. The van der Waals surface area contributed by atoms with E-state index in [0.717, 1.165) is 56.6 Å². The summed E-state index contributed by atoms with van der Waals surface area (Å²) < 4.78 is 7.16. The Bertz CT molecular complexity index is 782. The molecule has 0 atom stereocenters. The van der Waals surface area contributed by atoms with Crippen LogP contribution in [0.2, 0.25) is 0 Å². The summed E-state index contributed by atoms with van der Waals surface area (Å²) in [6.45, 7) is 14.4. The normalized spacial score (nSPS) is 16.9. The fourth-order valence-electron chi connectivity index (χ4n) is 3.08. The average molecular weight is 359 g/mol. The van der Waals surface area contributed by atoms with Crippen LogP contribution in [-0.2, 0) is 18.5 Å². The monoisotopic (exact) mass is 359 g/mol. The van der Waals surface area contributed by atoms with Crippen LogP contribution in [0.25, 0.3) is 0 Å². The van der Waals surface area contributed by atoms with Gasteiger partial charge < -0.3 is 4.42 Å². The summed E-state index contributed by atoms with van der Waals surface area (Å²) in [6.07, 6.45) is 1.77. The summed E-state index contributed by atoms with van der Waals surface area (Å²) in [5.74, 6) is 1.64. The molecule has 142 valence electrons. The predicted molar refractivity (Wildman–Crippen MR) is 100 cm³/mol. The molecule has 0 saturated carbocycles. The second-order valence-electron chi connectivity index (χ2n) is 8.01. The van der Waals surface area contributed by atoms with Gasteiger partial charge in [0.2, 0.25) is 5.89 Å². The largest absolute Gasteiger partial charge is 0.445 e. The van der Waals surface area contributed by atoms with E-state index in [1.165, 1.54) is 0 Å². The van der Waals surface area contributed by atoms with Gasteiger partial charge in [0, 0.05) is 44.2 Å². The quantitative estimate of drug-likeness (QED) is 0.809. The summed E-state index contributed by atoms with van der Waals surface area (Å²) >= 11 is 0. The highest BCUT2D eigenvalue weighted by Gasteiger charge is 2.20. The van der Waals surface area contributed by atoms with Crippen LogP contribution in [0.15, 0.2) is 27.5 Å². The number of aryl methyl sites for hydroxylation is 1. The van der Waals surface area contributed by atoms with Gasteiger partial charge in [0.25, 0.3) is 5.56 Å². The maximum Gasteiger partial charge on any atom is 0.266 e. The van der Waals surface area contributed by atoms with E-state index in [9.17, 15) is 4.79 Å². The Kier molecular flexibility index (Phi) is 5.58. The number of aromatic nitrogens is 3. The van der Waals surface area contributed by atoms with Crippen molar-refractivity contribution < 1.29 is 4.42 Å². The first-order chi connectivity index (χ1) is 12.3. The lowest BCUT2D eigenvalue weighted by atomic mass is 9.92. The van der Waals surface area contributed by atoms with E-state index in [0.29, 0.717) is 6.54 Å². The van der Waals surface area contributed by atoms with Crippen LogP contribution in [0.5, 0.6) is 0 Å². The van der Waals surface area contributed by atoms with Crippen LogP contribution >= 0.6 is 0 Å². The molecule has 1 aliphatic rings. The molecule has 0 unspecified atom stereocenters. The van der Waals surface area contributed by atoms with Gasteiger partial charge in [0.05, 0.1) is 25.0 Å². The van der Waals surface area contributed by atoms with Crippen molar-refractivity contribution in [2.75, 3.05) is 32.7 Å². The van der Waals surface area contributed by atoms with E-state index in [4.69, 9.17) is 4.42 Å². The average Bonchev–Trinajstić information content (AvgIpc) is 2.99. The van der Waals surface area contributed by atoms with Gasteiger partial charge in [0.1, 0.15) is 5.76 Å². The van der Waals surface area contributed by atoms with Crippen molar-refractivity contribution in [1.29, 1.82) is 0 Å². The Balaban J connectivity index is 1.50. The number of oxazole rings is 1. The molecule has 3 heterocycles. The molecule has 0 spiro atoms. The lowest BCUT2D eigenvalue weighted by Gasteiger charge is -2.34. The number of hydrogen-bond acceptors (Lipinski definition) is 6. The fraction of sp³-hybridized carbons (Fsp3) is 0.632. The Morgan fingerprint density at radius 3 is 2.38 bits per heavy atom. The molecule has 0 bridgehead atoms. The molecule has 1 fully saturated rings. The third-order valence-corrected chi connectivity index (χ3v) is 4.76. The molecule has 0 aliphatic carbocycles. The first-order valence-electron chi connectivity index (χ1n) is 9.26. The van der Waals surface area contributed by atoms with Crippen molar-refractivity contribution in [2.24, 2.45) is 0 Å². The zero-order valence-corrected chi connectivity index (χ0v) is 16.2. The van der Waals surface area contributed by atoms with Gasteiger partial charge in [-0.2, -0.15) is 5.10 Å². The molecule has 3 rings (SSSR count). The first-order valence-corrected chi connectivity index (χ1v) is 9.26.